The smallest absolute Gasteiger partial charge is 0.321 e. The van der Waals surface area contributed by atoms with E-state index in [1.54, 1.807) is 19.1 Å². The van der Waals surface area contributed by atoms with Gasteiger partial charge in [-0.3, -0.25) is 9.59 Å². The molecule has 1 rings (SSSR count). The van der Waals surface area contributed by atoms with Crippen LogP contribution >= 0.6 is 23.2 Å². The zero-order chi connectivity index (χ0) is 14.4. The van der Waals surface area contributed by atoms with Crippen LogP contribution in [0.2, 0.25) is 10.0 Å². The average molecular weight is 305 g/mol. The molecule has 0 aliphatic rings. The number of hydrogen-bond donors (Lipinski definition) is 3. The third-order valence-electron chi connectivity index (χ3n) is 2.34. The monoisotopic (exact) mass is 304 g/mol. The van der Waals surface area contributed by atoms with Crippen LogP contribution < -0.4 is 10.6 Å². The molecule has 1 unspecified atom stereocenters. The number of nitrogens with one attached hydrogen (secondary N) is 2. The minimum Gasteiger partial charge on any atom is -0.480 e. The highest BCUT2D eigenvalue weighted by Gasteiger charge is 2.20. The zero-order valence-electron chi connectivity index (χ0n) is 10.2. The number of halogens is 2. The Hall–Kier alpha value is -1.30. The number of carbonyl (C=O) groups is 2. The Morgan fingerprint density at radius 2 is 2.00 bits per heavy atom. The number of benzene rings is 1. The van der Waals surface area contributed by atoms with Gasteiger partial charge < -0.3 is 15.7 Å². The van der Waals surface area contributed by atoms with Crippen LogP contribution in [0, 0.1) is 0 Å². The van der Waals surface area contributed by atoms with Crippen molar-refractivity contribution in [2.24, 2.45) is 0 Å². The predicted octanol–water partition coefficient (Wildman–Crippen LogP) is 2.38. The third-order valence-corrected chi connectivity index (χ3v) is 3.08. The van der Waals surface area contributed by atoms with E-state index in [4.69, 9.17) is 28.3 Å². The van der Waals surface area contributed by atoms with E-state index >= 15 is 0 Å². The van der Waals surface area contributed by atoms with Crippen molar-refractivity contribution >= 4 is 40.8 Å². The lowest BCUT2D eigenvalue weighted by Gasteiger charge is -2.13. The molecule has 0 aromatic heterocycles. The van der Waals surface area contributed by atoms with Gasteiger partial charge in [0.1, 0.15) is 6.04 Å². The van der Waals surface area contributed by atoms with Gasteiger partial charge in [0.25, 0.3) is 0 Å². The van der Waals surface area contributed by atoms with Crippen LogP contribution in [0.1, 0.15) is 13.3 Å². The van der Waals surface area contributed by atoms with Gasteiger partial charge in [0.15, 0.2) is 0 Å². The van der Waals surface area contributed by atoms with E-state index in [0.29, 0.717) is 22.3 Å². The molecular formula is C12H14Cl2N2O3. The molecule has 0 fully saturated rings. The van der Waals surface area contributed by atoms with E-state index in [2.05, 4.69) is 10.6 Å². The summed E-state index contributed by atoms with van der Waals surface area (Å²) in [5.74, 6) is -1.47. The van der Waals surface area contributed by atoms with Gasteiger partial charge in [-0.15, -0.1) is 0 Å². The largest absolute Gasteiger partial charge is 0.480 e. The quantitative estimate of drug-likeness (QED) is 0.754. The number of aliphatic carboxylic acids is 1. The van der Waals surface area contributed by atoms with Crippen molar-refractivity contribution in [1.29, 1.82) is 0 Å². The second-order valence-corrected chi connectivity index (χ2v) is 4.64. The fourth-order valence-corrected chi connectivity index (χ4v) is 1.76. The first kappa shape index (κ1) is 15.8. The van der Waals surface area contributed by atoms with E-state index in [1.807, 2.05) is 0 Å². The van der Waals surface area contributed by atoms with Gasteiger partial charge in [0.2, 0.25) is 5.91 Å². The summed E-state index contributed by atoms with van der Waals surface area (Å²) in [7, 11) is 0. The maximum atomic E-state index is 11.7. The number of anilines is 1. The summed E-state index contributed by atoms with van der Waals surface area (Å²) in [5, 5.41) is 14.9. The van der Waals surface area contributed by atoms with Gasteiger partial charge in [-0.25, -0.2) is 0 Å². The highest BCUT2D eigenvalue weighted by molar-refractivity contribution is 6.42. The molecule has 0 bridgehead atoms. The highest BCUT2D eigenvalue weighted by atomic mass is 35.5. The van der Waals surface area contributed by atoms with Gasteiger partial charge in [-0.2, -0.15) is 0 Å². The molecule has 0 heterocycles. The fourth-order valence-electron chi connectivity index (χ4n) is 1.46. The van der Waals surface area contributed by atoms with E-state index in [1.165, 1.54) is 6.07 Å². The highest BCUT2D eigenvalue weighted by Crippen LogP contribution is 2.25. The standard InChI is InChI=1S/C12H14Cl2N2O3/c1-2-15-10(12(18)19)6-11(17)16-7-3-4-8(13)9(14)5-7/h3-5,10,15H,2,6H2,1H3,(H,16,17)(H,18,19). The molecule has 0 radical (unpaired) electrons. The number of carboxylic acid groups (broad SMARTS) is 1. The topological polar surface area (TPSA) is 78.4 Å². The maximum Gasteiger partial charge on any atom is 0.321 e. The second kappa shape index (κ2) is 7.33. The van der Waals surface area contributed by atoms with Crippen molar-refractivity contribution in [1.82, 2.24) is 5.32 Å². The summed E-state index contributed by atoms with van der Waals surface area (Å²) < 4.78 is 0. The Labute approximate surface area is 120 Å². The molecule has 19 heavy (non-hydrogen) atoms. The molecule has 3 N–H and O–H groups in total. The van der Waals surface area contributed by atoms with Crippen molar-refractivity contribution in [2.45, 2.75) is 19.4 Å². The molecule has 5 nitrogen and oxygen atoms in total. The van der Waals surface area contributed by atoms with Crippen LogP contribution in [-0.4, -0.2) is 29.6 Å². The number of hydrogen-bond acceptors (Lipinski definition) is 3. The first-order valence-corrected chi connectivity index (χ1v) is 6.40. The summed E-state index contributed by atoms with van der Waals surface area (Å²) >= 11 is 11.6. The minimum atomic E-state index is -1.06. The minimum absolute atomic E-state index is 0.163. The lowest BCUT2D eigenvalue weighted by molar-refractivity contribution is -0.141. The molecule has 104 valence electrons. The van der Waals surface area contributed by atoms with Gasteiger partial charge in [-0.05, 0) is 24.7 Å². The lowest BCUT2D eigenvalue weighted by atomic mass is 10.2. The van der Waals surface area contributed by atoms with Crippen molar-refractivity contribution < 1.29 is 14.7 Å². The Kier molecular flexibility index (Phi) is 6.08. The Balaban J connectivity index is 2.63. The molecule has 1 aromatic carbocycles. The van der Waals surface area contributed by atoms with Crippen molar-refractivity contribution in [3.63, 3.8) is 0 Å². The first-order valence-electron chi connectivity index (χ1n) is 5.65. The van der Waals surface area contributed by atoms with Crippen LogP contribution in [0.15, 0.2) is 18.2 Å². The number of rotatable bonds is 6. The number of likely N-dealkylation sites (N-methyl/N-ethyl adjacent to an activating group) is 1. The van der Waals surface area contributed by atoms with Crippen molar-refractivity contribution in [3.8, 4) is 0 Å². The molecule has 1 aromatic rings. The number of carbonyl (C=O) groups excluding carboxylic acids is 1. The lowest BCUT2D eigenvalue weighted by Crippen LogP contribution is -2.39. The van der Waals surface area contributed by atoms with Crippen molar-refractivity contribution in [3.05, 3.63) is 28.2 Å². The molecule has 0 spiro atoms. The summed E-state index contributed by atoms with van der Waals surface area (Å²) in [6, 6.07) is 3.74. The van der Waals surface area contributed by atoms with E-state index in [0.717, 1.165) is 0 Å². The molecule has 0 aliphatic carbocycles. The Morgan fingerprint density at radius 3 is 2.53 bits per heavy atom. The van der Waals surface area contributed by atoms with E-state index < -0.39 is 17.9 Å². The van der Waals surface area contributed by atoms with Crippen LogP contribution in [0.25, 0.3) is 0 Å². The van der Waals surface area contributed by atoms with Crippen molar-refractivity contribution in [2.75, 3.05) is 11.9 Å². The molecule has 1 amide bonds. The van der Waals surface area contributed by atoms with E-state index in [-0.39, 0.29) is 6.42 Å². The first-order chi connectivity index (χ1) is 8.93. The molecule has 0 saturated carbocycles. The van der Waals surface area contributed by atoms with E-state index in [9.17, 15) is 9.59 Å². The summed E-state index contributed by atoms with van der Waals surface area (Å²) in [5.41, 5.74) is 0.472. The summed E-state index contributed by atoms with van der Waals surface area (Å²) in [4.78, 5) is 22.6. The zero-order valence-corrected chi connectivity index (χ0v) is 11.8. The predicted molar refractivity (Wildman–Crippen MR) is 74.8 cm³/mol. The second-order valence-electron chi connectivity index (χ2n) is 3.83. The van der Waals surface area contributed by atoms with Crippen LogP contribution in [0.4, 0.5) is 5.69 Å². The third kappa shape index (κ3) is 5.06. The molecule has 0 saturated heterocycles. The molecule has 0 aliphatic heterocycles. The van der Waals surface area contributed by atoms with Crippen LogP contribution in [0.5, 0.6) is 0 Å². The normalized spacial score (nSPS) is 11.9. The molecule has 1 atom stereocenters. The Morgan fingerprint density at radius 1 is 1.32 bits per heavy atom. The summed E-state index contributed by atoms with van der Waals surface area (Å²) in [6.45, 7) is 2.24. The van der Waals surface area contributed by atoms with Crippen LogP contribution in [-0.2, 0) is 9.59 Å². The maximum absolute atomic E-state index is 11.7. The number of amides is 1. The van der Waals surface area contributed by atoms with Gasteiger partial charge in [0.05, 0.1) is 16.5 Å². The SMILES string of the molecule is CCNC(CC(=O)Nc1ccc(Cl)c(Cl)c1)C(=O)O. The van der Waals surface area contributed by atoms with Crippen LogP contribution in [0.3, 0.4) is 0 Å². The summed E-state index contributed by atoms with van der Waals surface area (Å²) in [6.07, 6.45) is -0.163. The average Bonchev–Trinajstić information content (AvgIpc) is 2.33. The molecular weight excluding hydrogens is 291 g/mol. The van der Waals surface area contributed by atoms with Gasteiger partial charge in [-0.1, -0.05) is 30.1 Å². The Bertz CT molecular complexity index is 480. The number of carboxylic acids is 1. The fraction of sp³-hybridized carbons (Fsp3) is 0.333. The van der Waals surface area contributed by atoms with Gasteiger partial charge >= 0.3 is 5.97 Å². The van der Waals surface area contributed by atoms with Gasteiger partial charge in [0, 0.05) is 5.69 Å². The molecule has 7 heteroatoms.